The lowest BCUT2D eigenvalue weighted by atomic mass is 9.84. The smallest absolute Gasteiger partial charge is 0.262 e. The number of anilines is 1. The van der Waals surface area contributed by atoms with Crippen LogP contribution in [0.3, 0.4) is 0 Å². The van der Waals surface area contributed by atoms with E-state index in [0.29, 0.717) is 49.8 Å². The van der Waals surface area contributed by atoms with Crippen molar-refractivity contribution in [1.29, 1.82) is 0 Å². The first-order valence-corrected chi connectivity index (χ1v) is 17.2. The van der Waals surface area contributed by atoms with Crippen LogP contribution in [0.5, 0.6) is 11.5 Å². The molecular weight excluding hydrogens is 592 g/mol. The summed E-state index contributed by atoms with van der Waals surface area (Å²) < 4.78 is 41.4. The maximum absolute atomic E-state index is 14.2. The molecule has 1 amide bonds. The van der Waals surface area contributed by atoms with Crippen LogP contribution in [0.15, 0.2) is 47.6 Å². The molecule has 6 rings (SSSR count). The van der Waals surface area contributed by atoms with Crippen molar-refractivity contribution >= 4 is 21.6 Å². The molecule has 1 aromatic heterocycles. The number of ether oxygens (including phenoxy) is 2. The highest BCUT2D eigenvalue weighted by Gasteiger charge is 2.42. The third-order valence-electron chi connectivity index (χ3n) is 9.85. The molecule has 11 nitrogen and oxygen atoms in total. The number of fused-ring (bicyclic) bond motifs is 1. The maximum atomic E-state index is 14.2. The summed E-state index contributed by atoms with van der Waals surface area (Å²) in [6, 6.07) is 11.7. The number of imidazole rings is 1. The number of hydrogen-bond acceptors (Lipinski definition) is 8. The fourth-order valence-electron chi connectivity index (χ4n) is 7.12. The summed E-state index contributed by atoms with van der Waals surface area (Å²) in [7, 11) is 1.30. The van der Waals surface area contributed by atoms with Gasteiger partial charge in [0, 0.05) is 75.9 Å². The number of amides is 1. The van der Waals surface area contributed by atoms with Crippen molar-refractivity contribution in [2.45, 2.75) is 44.3 Å². The van der Waals surface area contributed by atoms with Crippen molar-refractivity contribution in [3.8, 4) is 11.5 Å². The predicted octanol–water partition coefficient (Wildman–Crippen LogP) is 3.69. The Labute approximate surface area is 266 Å². The Bertz CT molecular complexity index is 1640. The molecule has 2 fully saturated rings. The summed E-state index contributed by atoms with van der Waals surface area (Å²) in [6.45, 7) is 10.1. The number of nitrogens with zero attached hydrogens (tertiary/aromatic N) is 6. The molecule has 2 saturated heterocycles. The minimum absolute atomic E-state index is 0.0119. The summed E-state index contributed by atoms with van der Waals surface area (Å²) in [5.41, 5.74) is 3.91. The molecule has 0 saturated carbocycles. The van der Waals surface area contributed by atoms with Gasteiger partial charge in [-0.05, 0) is 62.1 Å². The second-order valence-electron chi connectivity index (χ2n) is 12.2. The Morgan fingerprint density at radius 1 is 0.978 bits per heavy atom. The number of hydrogen-bond donors (Lipinski definition) is 0. The third kappa shape index (κ3) is 5.79. The number of likely N-dealkylation sites (N-methyl/N-ethyl adjacent to an activating group) is 1. The van der Waals surface area contributed by atoms with E-state index >= 15 is 0 Å². The van der Waals surface area contributed by atoms with E-state index in [4.69, 9.17) is 9.47 Å². The van der Waals surface area contributed by atoms with Gasteiger partial charge >= 0.3 is 0 Å². The van der Waals surface area contributed by atoms with Crippen molar-refractivity contribution in [3.63, 3.8) is 0 Å². The number of rotatable bonds is 9. The van der Waals surface area contributed by atoms with Gasteiger partial charge in [0.2, 0.25) is 0 Å². The normalized spacial score (nSPS) is 19.2. The Morgan fingerprint density at radius 3 is 2.31 bits per heavy atom. The van der Waals surface area contributed by atoms with Gasteiger partial charge in [0.1, 0.15) is 5.82 Å². The van der Waals surface area contributed by atoms with Crippen molar-refractivity contribution in [2.75, 3.05) is 64.9 Å². The van der Waals surface area contributed by atoms with Gasteiger partial charge in [-0.15, -0.1) is 0 Å². The minimum atomic E-state index is -3.72. The molecule has 0 spiro atoms. The summed E-state index contributed by atoms with van der Waals surface area (Å²) in [6.07, 6.45) is 2.79. The average Bonchev–Trinajstić information content (AvgIpc) is 3.59. The van der Waals surface area contributed by atoms with Crippen LogP contribution < -0.4 is 14.4 Å². The van der Waals surface area contributed by atoms with Crippen LogP contribution in [0.2, 0.25) is 0 Å². The number of piperazine rings is 1. The van der Waals surface area contributed by atoms with Gasteiger partial charge in [-0.25, -0.2) is 13.4 Å². The first-order chi connectivity index (χ1) is 21.7. The molecule has 0 bridgehead atoms. The van der Waals surface area contributed by atoms with Gasteiger partial charge in [0.25, 0.3) is 15.9 Å². The lowest BCUT2D eigenvalue weighted by Crippen LogP contribution is -2.46. The fraction of sp³-hybridized carbons (Fsp3) is 0.515. The second kappa shape index (κ2) is 12.6. The van der Waals surface area contributed by atoms with E-state index in [1.54, 1.807) is 39.0 Å². The summed E-state index contributed by atoms with van der Waals surface area (Å²) in [5.74, 6) is 1.92. The van der Waals surface area contributed by atoms with Crippen molar-refractivity contribution in [1.82, 2.24) is 23.7 Å². The van der Waals surface area contributed by atoms with Crippen molar-refractivity contribution < 1.29 is 22.7 Å². The van der Waals surface area contributed by atoms with Gasteiger partial charge in [-0.2, -0.15) is 4.31 Å². The third-order valence-corrected chi connectivity index (χ3v) is 11.6. The highest BCUT2D eigenvalue weighted by Crippen LogP contribution is 2.44. The van der Waals surface area contributed by atoms with Crippen molar-refractivity contribution in [2.24, 2.45) is 13.0 Å². The topological polar surface area (TPSA) is 100 Å². The quantitative estimate of drug-likeness (QED) is 0.351. The Kier molecular flexibility index (Phi) is 8.82. The molecule has 45 heavy (non-hydrogen) atoms. The number of methoxy groups -OCH3 is 2. The zero-order valence-corrected chi connectivity index (χ0v) is 27.7. The maximum Gasteiger partial charge on any atom is 0.262 e. The largest absolute Gasteiger partial charge is 0.493 e. The Balaban J connectivity index is 1.30. The monoisotopic (exact) mass is 636 g/mol. The van der Waals surface area contributed by atoms with E-state index in [1.165, 1.54) is 4.31 Å². The number of benzene rings is 2. The SMILES string of the molecule is CCN1CCN(c2cccc3c2CN(C(c2ccc(OC)c(OC)c2)C2CCN(S(=O)(=O)c4cn(C)c(C)n4)CC2)C3=O)CC1. The fourth-order valence-corrected chi connectivity index (χ4v) is 8.62. The highest BCUT2D eigenvalue weighted by molar-refractivity contribution is 7.89. The first-order valence-electron chi connectivity index (χ1n) is 15.8. The molecule has 2 aromatic carbocycles. The molecule has 242 valence electrons. The van der Waals surface area contributed by atoms with Crippen LogP contribution in [0, 0.1) is 12.8 Å². The Morgan fingerprint density at radius 2 is 1.69 bits per heavy atom. The molecule has 0 N–H and O–H groups in total. The van der Waals surface area contributed by atoms with E-state index in [-0.39, 0.29) is 22.9 Å². The first kappa shape index (κ1) is 31.4. The molecule has 1 unspecified atom stereocenters. The molecule has 1 atom stereocenters. The number of piperidine rings is 1. The summed E-state index contributed by atoms with van der Waals surface area (Å²) in [4.78, 5) is 25.4. The van der Waals surface area contributed by atoms with Crippen LogP contribution in [0.4, 0.5) is 5.69 Å². The average molecular weight is 637 g/mol. The van der Waals surface area contributed by atoms with Gasteiger partial charge < -0.3 is 28.7 Å². The van der Waals surface area contributed by atoms with Gasteiger partial charge in [-0.1, -0.05) is 19.1 Å². The van der Waals surface area contributed by atoms with Gasteiger partial charge in [0.15, 0.2) is 16.5 Å². The van der Waals surface area contributed by atoms with Crippen LogP contribution in [0.1, 0.15) is 53.1 Å². The van der Waals surface area contributed by atoms with E-state index < -0.39 is 10.0 Å². The summed E-state index contributed by atoms with van der Waals surface area (Å²) >= 11 is 0. The number of aromatic nitrogens is 2. The number of aryl methyl sites for hydroxylation is 2. The van der Waals surface area contributed by atoms with E-state index in [0.717, 1.165) is 55.1 Å². The molecule has 3 aromatic rings. The zero-order valence-electron chi connectivity index (χ0n) is 26.9. The van der Waals surface area contributed by atoms with Crippen LogP contribution >= 0.6 is 0 Å². The molecule has 3 aliphatic rings. The van der Waals surface area contributed by atoms with Crippen LogP contribution in [-0.2, 0) is 23.6 Å². The Hall–Kier alpha value is -3.61. The number of sulfonamides is 1. The minimum Gasteiger partial charge on any atom is -0.493 e. The number of carbonyl (C=O) groups excluding carboxylic acids is 1. The van der Waals surface area contributed by atoms with Crippen LogP contribution in [-0.4, -0.2) is 98.0 Å². The molecule has 3 aliphatic heterocycles. The molecular formula is C33H44N6O5S. The standard InChI is InChI=1S/C33H44N6O5S/c1-6-36-16-18-37(19-17-36)28-9-7-8-26-27(28)21-39(33(26)40)32(25-10-11-29(43-4)30(20-25)44-5)24-12-14-38(15-13-24)45(41,42)31-22-35(3)23(2)34-31/h7-11,20,22,24,32H,6,12-19,21H2,1-5H3. The van der Waals surface area contributed by atoms with Crippen molar-refractivity contribution in [3.05, 3.63) is 65.1 Å². The second-order valence-corrected chi connectivity index (χ2v) is 14.1. The molecule has 4 heterocycles. The number of carbonyl (C=O) groups is 1. The zero-order chi connectivity index (χ0) is 31.9. The lowest BCUT2D eigenvalue weighted by molar-refractivity contribution is 0.0573. The van der Waals surface area contributed by atoms with Crippen LogP contribution in [0.25, 0.3) is 0 Å². The van der Waals surface area contributed by atoms with E-state index in [1.807, 2.05) is 35.2 Å². The molecule has 0 aliphatic carbocycles. The van der Waals surface area contributed by atoms with Gasteiger partial charge in [0.05, 0.1) is 20.3 Å². The van der Waals surface area contributed by atoms with Gasteiger partial charge in [-0.3, -0.25) is 4.79 Å². The molecule has 12 heteroatoms. The molecule has 0 radical (unpaired) electrons. The summed E-state index contributed by atoms with van der Waals surface area (Å²) in [5, 5.41) is 0.0786. The predicted molar refractivity (Wildman–Crippen MR) is 172 cm³/mol. The van der Waals surface area contributed by atoms with E-state index in [9.17, 15) is 13.2 Å². The lowest BCUT2D eigenvalue weighted by Gasteiger charge is -2.40. The highest BCUT2D eigenvalue weighted by atomic mass is 32.2. The van der Waals surface area contributed by atoms with E-state index in [2.05, 4.69) is 27.8 Å².